The number of carboxylic acids is 1. The number of ether oxygens (including phenoxy) is 3. The van der Waals surface area contributed by atoms with Crippen LogP contribution in [0, 0.1) is 0 Å². The number of hydrogen-bond donors (Lipinski definition) is 0. The van der Waals surface area contributed by atoms with Crippen molar-refractivity contribution < 1.29 is 38.2 Å². The highest BCUT2D eigenvalue weighted by molar-refractivity contribution is 5.70. The zero-order valence-electron chi connectivity index (χ0n) is 37.5. The quantitative estimate of drug-likeness (QED) is 0.0199. The molecule has 0 aliphatic heterocycles. The largest absolute Gasteiger partial charge is 0.544 e. The van der Waals surface area contributed by atoms with Gasteiger partial charge in [0.2, 0.25) is 0 Å². The molecule has 0 aliphatic carbocycles. The Bertz CT molecular complexity index is 1070. The van der Waals surface area contributed by atoms with Crippen LogP contribution in [0.15, 0.2) is 48.6 Å². The molecule has 0 rings (SSSR count). The minimum atomic E-state index is -1.13. The van der Waals surface area contributed by atoms with Crippen molar-refractivity contribution >= 4 is 17.9 Å². The number of carboxylic acid groups (broad SMARTS) is 1. The summed E-state index contributed by atoms with van der Waals surface area (Å²) in [6.45, 7) is 4.57. The molecular weight excluding hydrogens is 715 g/mol. The predicted octanol–water partition coefficient (Wildman–Crippen LogP) is 11.5. The first-order valence-corrected chi connectivity index (χ1v) is 23.2. The van der Waals surface area contributed by atoms with Crippen molar-refractivity contribution in [1.82, 2.24) is 0 Å². The molecule has 0 N–H and O–H groups in total. The van der Waals surface area contributed by atoms with Gasteiger partial charge in [0, 0.05) is 19.3 Å². The first-order chi connectivity index (χ1) is 27.6. The number of carbonyl (C=O) groups excluding carboxylic acids is 3. The molecule has 2 atom stereocenters. The van der Waals surface area contributed by atoms with Gasteiger partial charge in [-0.1, -0.05) is 159 Å². The molecule has 0 spiro atoms. The van der Waals surface area contributed by atoms with Gasteiger partial charge in [0.1, 0.15) is 12.6 Å². The van der Waals surface area contributed by atoms with Crippen LogP contribution >= 0.6 is 0 Å². The maximum Gasteiger partial charge on any atom is 0.306 e. The monoisotopic (exact) mass is 802 g/mol. The molecule has 0 bridgehead atoms. The third-order valence-corrected chi connectivity index (χ3v) is 10.2. The molecule has 0 radical (unpaired) electrons. The molecule has 0 aromatic carbocycles. The number of hydrogen-bond acceptors (Lipinski definition) is 7. The van der Waals surface area contributed by atoms with E-state index in [1.165, 1.54) is 96.3 Å². The molecule has 0 saturated carbocycles. The van der Waals surface area contributed by atoms with Crippen LogP contribution in [-0.4, -0.2) is 75.5 Å². The lowest BCUT2D eigenvalue weighted by atomic mass is 10.1. The molecule has 0 fully saturated rings. The highest BCUT2D eigenvalue weighted by Crippen LogP contribution is 2.13. The number of nitrogens with zero attached hydrogens (tertiary/aromatic N) is 1. The van der Waals surface area contributed by atoms with Crippen LogP contribution in [-0.2, 0) is 28.6 Å². The van der Waals surface area contributed by atoms with Crippen LogP contribution < -0.4 is 5.11 Å². The fraction of sp³-hybridized carbons (Fsp3) is 0.776. The van der Waals surface area contributed by atoms with Crippen molar-refractivity contribution in [3.05, 3.63) is 48.6 Å². The number of carbonyl (C=O) groups is 3. The van der Waals surface area contributed by atoms with Gasteiger partial charge in [-0.3, -0.25) is 9.59 Å². The van der Waals surface area contributed by atoms with Crippen molar-refractivity contribution in [2.24, 2.45) is 0 Å². The molecule has 0 saturated heterocycles. The molecule has 0 aromatic heterocycles. The number of unbranched alkanes of at least 4 members (excludes halogenated alkanes) is 20. The SMILES string of the molecule is CCCC/C=C/C=C/CCCCCC(=O)OC(COCCC(C(=O)[O-])[N+](C)(C)C)COC(=O)CCCCCCCCC/C=C/C/C=C/CCCCCCCCCC. The summed E-state index contributed by atoms with van der Waals surface area (Å²) in [6, 6.07) is -0.732. The van der Waals surface area contributed by atoms with Crippen molar-refractivity contribution in [1.29, 1.82) is 0 Å². The Morgan fingerprint density at radius 1 is 0.544 bits per heavy atom. The van der Waals surface area contributed by atoms with Gasteiger partial charge in [-0.25, -0.2) is 0 Å². The van der Waals surface area contributed by atoms with Gasteiger partial charge in [-0.2, -0.15) is 0 Å². The highest BCUT2D eigenvalue weighted by atomic mass is 16.6. The summed E-state index contributed by atoms with van der Waals surface area (Å²) in [5.74, 6) is -1.78. The van der Waals surface area contributed by atoms with E-state index in [0.717, 1.165) is 64.2 Å². The van der Waals surface area contributed by atoms with Crippen molar-refractivity contribution in [2.75, 3.05) is 41.0 Å². The molecule has 8 heteroatoms. The lowest BCUT2D eigenvalue weighted by Crippen LogP contribution is -2.55. The van der Waals surface area contributed by atoms with Crippen molar-refractivity contribution in [3.8, 4) is 0 Å². The second-order valence-corrected chi connectivity index (χ2v) is 16.7. The van der Waals surface area contributed by atoms with E-state index in [1.54, 1.807) is 21.1 Å². The molecule has 0 aromatic rings. The summed E-state index contributed by atoms with van der Waals surface area (Å²) in [4.78, 5) is 36.8. The zero-order valence-corrected chi connectivity index (χ0v) is 37.5. The van der Waals surface area contributed by atoms with E-state index in [-0.39, 0.29) is 49.1 Å². The molecule has 330 valence electrons. The third-order valence-electron chi connectivity index (χ3n) is 10.2. The van der Waals surface area contributed by atoms with E-state index in [9.17, 15) is 19.5 Å². The van der Waals surface area contributed by atoms with Gasteiger partial charge in [-0.15, -0.1) is 0 Å². The van der Waals surface area contributed by atoms with E-state index in [2.05, 4.69) is 62.5 Å². The van der Waals surface area contributed by atoms with E-state index >= 15 is 0 Å². The Hall–Kier alpha value is -2.71. The maximum atomic E-state index is 12.7. The summed E-state index contributed by atoms with van der Waals surface area (Å²) in [5.41, 5.74) is 0. The third kappa shape index (κ3) is 38.6. The molecule has 0 aliphatic rings. The van der Waals surface area contributed by atoms with E-state index < -0.39 is 18.1 Å². The summed E-state index contributed by atoms with van der Waals surface area (Å²) in [6.07, 6.45) is 47.2. The van der Waals surface area contributed by atoms with E-state index in [4.69, 9.17) is 14.2 Å². The molecule has 8 nitrogen and oxygen atoms in total. The molecular formula is C49H87NO7. The number of quaternary nitrogens is 1. The standard InChI is InChI=1S/C49H87NO7/c1-6-8-10-12-14-16-18-19-20-21-22-23-24-25-26-27-28-30-31-33-35-37-39-47(51)56-44-45(43-55-42-41-46(49(53)54)50(3,4)5)57-48(52)40-38-36-34-32-29-17-15-13-11-9-7-2/h13,15,17,21-22,24-25,29,45-46H,6-12,14,16,18-20,23,26-28,30-44H2,1-5H3/b15-13+,22-21+,25-24+,29-17+. The number of rotatable bonds is 41. The van der Waals surface area contributed by atoms with Crippen LogP contribution in [0.4, 0.5) is 0 Å². The van der Waals surface area contributed by atoms with Crippen LogP contribution in [0.5, 0.6) is 0 Å². The summed E-state index contributed by atoms with van der Waals surface area (Å²) in [5, 5.41) is 11.6. The number of allylic oxidation sites excluding steroid dienone is 8. The number of esters is 2. The molecule has 0 amide bonds. The van der Waals surface area contributed by atoms with Gasteiger partial charge in [-0.05, 0) is 64.2 Å². The molecule has 57 heavy (non-hydrogen) atoms. The maximum absolute atomic E-state index is 12.7. The lowest BCUT2D eigenvalue weighted by molar-refractivity contribution is -0.889. The second kappa shape index (κ2) is 40.1. The Kier molecular flexibility index (Phi) is 38.2. The second-order valence-electron chi connectivity index (χ2n) is 16.7. The lowest BCUT2D eigenvalue weighted by Gasteiger charge is -2.34. The van der Waals surface area contributed by atoms with Crippen LogP contribution in [0.3, 0.4) is 0 Å². The van der Waals surface area contributed by atoms with Crippen molar-refractivity contribution in [2.45, 2.75) is 206 Å². The predicted molar refractivity (Wildman–Crippen MR) is 236 cm³/mol. The summed E-state index contributed by atoms with van der Waals surface area (Å²) in [7, 11) is 5.39. The van der Waals surface area contributed by atoms with E-state index in [1.807, 2.05) is 0 Å². The van der Waals surface area contributed by atoms with Crippen LogP contribution in [0.1, 0.15) is 194 Å². The number of likely N-dealkylation sites (N-methyl/N-ethyl adjacent to an activating group) is 1. The topological polar surface area (TPSA) is 102 Å². The molecule has 2 unspecified atom stereocenters. The Morgan fingerprint density at radius 3 is 1.53 bits per heavy atom. The van der Waals surface area contributed by atoms with Crippen LogP contribution in [0.2, 0.25) is 0 Å². The zero-order chi connectivity index (χ0) is 42.1. The summed E-state index contributed by atoms with van der Waals surface area (Å²) >= 11 is 0. The number of aliphatic carboxylic acids is 1. The van der Waals surface area contributed by atoms with E-state index in [0.29, 0.717) is 6.42 Å². The van der Waals surface area contributed by atoms with Gasteiger partial charge in [0.05, 0.1) is 40.3 Å². The van der Waals surface area contributed by atoms with Gasteiger partial charge in [0.15, 0.2) is 6.10 Å². The Balaban J connectivity index is 4.26. The fourth-order valence-electron chi connectivity index (χ4n) is 6.55. The van der Waals surface area contributed by atoms with Crippen molar-refractivity contribution in [3.63, 3.8) is 0 Å². The Morgan fingerprint density at radius 2 is 1.00 bits per heavy atom. The van der Waals surface area contributed by atoms with Gasteiger partial charge < -0.3 is 28.6 Å². The first-order valence-electron chi connectivity index (χ1n) is 23.2. The van der Waals surface area contributed by atoms with Gasteiger partial charge in [0.25, 0.3) is 0 Å². The average Bonchev–Trinajstić information content (AvgIpc) is 3.17. The minimum Gasteiger partial charge on any atom is -0.544 e. The van der Waals surface area contributed by atoms with Crippen LogP contribution in [0.25, 0.3) is 0 Å². The average molecular weight is 802 g/mol. The normalized spacial score (nSPS) is 13.4. The fourth-order valence-corrected chi connectivity index (χ4v) is 6.55. The summed E-state index contributed by atoms with van der Waals surface area (Å²) < 4.78 is 17.1. The Labute approximate surface area is 350 Å². The minimum absolute atomic E-state index is 0.0265. The highest BCUT2D eigenvalue weighted by Gasteiger charge is 2.25. The van der Waals surface area contributed by atoms with Gasteiger partial charge >= 0.3 is 11.9 Å². The first kappa shape index (κ1) is 54.3. The molecule has 0 heterocycles. The smallest absolute Gasteiger partial charge is 0.306 e.